The summed E-state index contributed by atoms with van der Waals surface area (Å²) in [4.78, 5) is 0.164. The Labute approximate surface area is 130 Å². The molecule has 0 aliphatic heterocycles. The Morgan fingerprint density at radius 3 is 2.43 bits per heavy atom. The standard InChI is InChI=1S/C13H19ClO5S2/c1-3-5-11(10-21(14,17)18)9-19-12-6-4-7-13(8-12)20(2,15)16/h4,6-8,11H,3,5,9-10H2,1-2H3. The molecular formula is C13H19ClO5S2. The minimum atomic E-state index is -3.58. The highest BCUT2D eigenvalue weighted by Gasteiger charge is 2.17. The molecule has 0 radical (unpaired) electrons. The molecule has 8 heteroatoms. The van der Waals surface area contributed by atoms with Gasteiger partial charge in [-0.05, 0) is 24.6 Å². The zero-order valence-electron chi connectivity index (χ0n) is 12.0. The van der Waals surface area contributed by atoms with E-state index in [0.29, 0.717) is 12.2 Å². The molecule has 0 fully saturated rings. The van der Waals surface area contributed by atoms with E-state index in [4.69, 9.17) is 15.4 Å². The quantitative estimate of drug-likeness (QED) is 0.670. The predicted octanol–water partition coefficient (Wildman–Crippen LogP) is 2.45. The Morgan fingerprint density at radius 1 is 1.24 bits per heavy atom. The van der Waals surface area contributed by atoms with Gasteiger partial charge in [0.1, 0.15) is 5.75 Å². The van der Waals surface area contributed by atoms with E-state index in [0.717, 1.165) is 12.7 Å². The Bertz CT molecular complexity index is 668. The largest absolute Gasteiger partial charge is 0.493 e. The maximum Gasteiger partial charge on any atom is 0.232 e. The maximum absolute atomic E-state index is 11.5. The van der Waals surface area contributed by atoms with Crippen LogP contribution >= 0.6 is 10.7 Å². The van der Waals surface area contributed by atoms with Crippen LogP contribution < -0.4 is 4.74 Å². The maximum atomic E-state index is 11.5. The second-order valence-electron chi connectivity index (χ2n) is 4.92. The van der Waals surface area contributed by atoms with Gasteiger partial charge in [-0.1, -0.05) is 19.4 Å². The summed E-state index contributed by atoms with van der Waals surface area (Å²) in [6.45, 7) is 2.12. The molecule has 0 heterocycles. The summed E-state index contributed by atoms with van der Waals surface area (Å²) in [6.07, 6.45) is 2.59. The third-order valence-corrected chi connectivity index (χ3v) is 5.21. The van der Waals surface area contributed by atoms with Crippen LogP contribution in [0, 0.1) is 5.92 Å². The van der Waals surface area contributed by atoms with Gasteiger partial charge >= 0.3 is 0 Å². The topological polar surface area (TPSA) is 77.5 Å². The van der Waals surface area contributed by atoms with Gasteiger partial charge < -0.3 is 4.74 Å². The van der Waals surface area contributed by atoms with Crippen molar-refractivity contribution in [1.29, 1.82) is 0 Å². The van der Waals surface area contributed by atoms with Crippen molar-refractivity contribution in [2.75, 3.05) is 18.6 Å². The van der Waals surface area contributed by atoms with Gasteiger partial charge in [0.15, 0.2) is 9.84 Å². The van der Waals surface area contributed by atoms with E-state index in [1.54, 1.807) is 12.1 Å². The minimum Gasteiger partial charge on any atom is -0.493 e. The molecule has 0 bridgehead atoms. The minimum absolute atomic E-state index is 0.159. The molecule has 0 aromatic heterocycles. The fraction of sp³-hybridized carbons (Fsp3) is 0.538. The average Bonchev–Trinajstić information content (AvgIpc) is 2.34. The number of halogens is 1. The van der Waals surface area contributed by atoms with Gasteiger partial charge in [0.05, 0.1) is 17.3 Å². The molecule has 0 saturated carbocycles. The van der Waals surface area contributed by atoms with Crippen LogP contribution in [0.25, 0.3) is 0 Å². The predicted molar refractivity (Wildman–Crippen MR) is 83.1 cm³/mol. The summed E-state index contributed by atoms with van der Waals surface area (Å²) >= 11 is 0. The first-order valence-electron chi connectivity index (χ1n) is 6.47. The lowest BCUT2D eigenvalue weighted by Crippen LogP contribution is -2.19. The Hall–Kier alpha value is -0.790. The van der Waals surface area contributed by atoms with Gasteiger partial charge in [-0.2, -0.15) is 0 Å². The van der Waals surface area contributed by atoms with Gasteiger partial charge in [0.2, 0.25) is 9.05 Å². The van der Waals surface area contributed by atoms with Crippen molar-refractivity contribution in [3.63, 3.8) is 0 Å². The zero-order valence-corrected chi connectivity index (χ0v) is 14.3. The van der Waals surface area contributed by atoms with E-state index in [-0.39, 0.29) is 23.2 Å². The Balaban J connectivity index is 2.76. The summed E-state index contributed by atoms with van der Waals surface area (Å²) < 4.78 is 50.7. The molecule has 1 atom stereocenters. The van der Waals surface area contributed by atoms with Crippen LogP contribution in [0.2, 0.25) is 0 Å². The smallest absolute Gasteiger partial charge is 0.232 e. The molecule has 0 N–H and O–H groups in total. The lowest BCUT2D eigenvalue weighted by Gasteiger charge is -2.15. The van der Waals surface area contributed by atoms with E-state index in [1.807, 2.05) is 6.92 Å². The number of hydrogen-bond acceptors (Lipinski definition) is 5. The summed E-state index contributed by atoms with van der Waals surface area (Å²) in [6, 6.07) is 6.12. The molecule has 0 aliphatic carbocycles. The molecular weight excluding hydrogens is 336 g/mol. The highest BCUT2D eigenvalue weighted by molar-refractivity contribution is 8.13. The van der Waals surface area contributed by atoms with Crippen LogP contribution in [0.1, 0.15) is 19.8 Å². The third kappa shape index (κ3) is 7.15. The van der Waals surface area contributed by atoms with Crippen LogP contribution in [0.3, 0.4) is 0 Å². The van der Waals surface area contributed by atoms with Crippen molar-refractivity contribution in [2.24, 2.45) is 5.92 Å². The number of rotatable bonds is 8. The first-order chi connectivity index (χ1) is 9.62. The molecule has 0 aliphatic rings. The number of hydrogen-bond donors (Lipinski definition) is 0. The van der Waals surface area contributed by atoms with E-state index >= 15 is 0 Å². The van der Waals surface area contributed by atoms with E-state index < -0.39 is 18.9 Å². The number of benzene rings is 1. The monoisotopic (exact) mass is 354 g/mol. The molecule has 5 nitrogen and oxygen atoms in total. The first-order valence-corrected chi connectivity index (χ1v) is 10.8. The molecule has 1 rings (SSSR count). The van der Waals surface area contributed by atoms with Crippen molar-refractivity contribution in [1.82, 2.24) is 0 Å². The van der Waals surface area contributed by atoms with E-state index in [2.05, 4.69) is 0 Å². The van der Waals surface area contributed by atoms with Crippen molar-refractivity contribution in [3.05, 3.63) is 24.3 Å². The SMILES string of the molecule is CCCC(COc1cccc(S(C)(=O)=O)c1)CS(=O)(=O)Cl. The molecule has 21 heavy (non-hydrogen) atoms. The summed E-state index contributed by atoms with van der Waals surface area (Å²) in [7, 11) is -1.62. The molecule has 0 saturated heterocycles. The van der Waals surface area contributed by atoms with E-state index in [9.17, 15) is 16.8 Å². The molecule has 1 unspecified atom stereocenters. The highest BCUT2D eigenvalue weighted by Crippen LogP contribution is 2.20. The normalized spacial score (nSPS) is 13.9. The van der Waals surface area contributed by atoms with Crippen LogP contribution in [0.5, 0.6) is 5.75 Å². The first kappa shape index (κ1) is 18.3. The van der Waals surface area contributed by atoms with Gasteiger partial charge in [0.25, 0.3) is 0 Å². The van der Waals surface area contributed by atoms with Crippen molar-refractivity contribution >= 4 is 29.6 Å². The number of sulfone groups is 1. The summed E-state index contributed by atoms with van der Waals surface area (Å²) in [5, 5.41) is 0. The van der Waals surface area contributed by atoms with Gasteiger partial charge in [-0.15, -0.1) is 0 Å². The lowest BCUT2D eigenvalue weighted by molar-refractivity contribution is 0.252. The summed E-state index contributed by atoms with van der Waals surface area (Å²) in [5.41, 5.74) is 0. The van der Waals surface area contributed by atoms with Gasteiger partial charge in [-0.3, -0.25) is 0 Å². The lowest BCUT2D eigenvalue weighted by atomic mass is 10.1. The molecule has 0 spiro atoms. The van der Waals surface area contributed by atoms with Gasteiger partial charge in [0, 0.05) is 22.9 Å². The third-order valence-electron chi connectivity index (χ3n) is 2.85. The fourth-order valence-electron chi connectivity index (χ4n) is 1.91. The highest BCUT2D eigenvalue weighted by atomic mass is 35.7. The molecule has 1 aromatic carbocycles. The fourth-order valence-corrected chi connectivity index (χ4v) is 3.93. The van der Waals surface area contributed by atoms with Crippen molar-refractivity contribution < 1.29 is 21.6 Å². The van der Waals surface area contributed by atoms with Crippen LogP contribution in [0.4, 0.5) is 0 Å². The van der Waals surface area contributed by atoms with E-state index in [1.165, 1.54) is 12.1 Å². The second-order valence-corrected chi connectivity index (χ2v) is 9.76. The van der Waals surface area contributed by atoms with Gasteiger partial charge in [-0.25, -0.2) is 16.8 Å². The average molecular weight is 355 g/mol. The zero-order chi connectivity index (χ0) is 16.1. The molecule has 120 valence electrons. The Morgan fingerprint density at radius 2 is 1.90 bits per heavy atom. The molecule has 1 aromatic rings. The van der Waals surface area contributed by atoms with Crippen LogP contribution in [-0.2, 0) is 18.9 Å². The molecule has 0 amide bonds. The second kappa shape index (κ2) is 7.47. The van der Waals surface area contributed by atoms with Crippen LogP contribution in [0.15, 0.2) is 29.2 Å². The number of ether oxygens (including phenoxy) is 1. The van der Waals surface area contributed by atoms with Crippen molar-refractivity contribution in [3.8, 4) is 5.75 Å². The summed E-state index contributed by atoms with van der Waals surface area (Å²) in [5.74, 6) is 0.0131. The van der Waals surface area contributed by atoms with Crippen molar-refractivity contribution in [2.45, 2.75) is 24.7 Å². The Kier molecular flexibility index (Phi) is 6.49. The van der Waals surface area contributed by atoms with Crippen LogP contribution in [-0.4, -0.2) is 35.5 Å².